The normalized spacial score (nSPS) is 13.5. The Hall–Kier alpha value is -2.08. The van der Waals surface area contributed by atoms with Gasteiger partial charge in [-0.25, -0.2) is 0 Å². The Kier molecular flexibility index (Phi) is 6.85. The first-order valence-electron chi connectivity index (χ1n) is 7.24. The van der Waals surface area contributed by atoms with Gasteiger partial charge < -0.3 is 20.9 Å². The van der Waals surface area contributed by atoms with E-state index in [9.17, 15) is 14.7 Å². The van der Waals surface area contributed by atoms with Crippen LogP contribution in [0.5, 0.6) is 5.75 Å². The SMILES string of the molecule is COc1ccc(C[C@H](NC(=O)[C@@H](O)CC(C)C)C(N)=O)cc1. The Labute approximate surface area is 130 Å². The molecule has 0 spiro atoms. The van der Waals surface area contributed by atoms with Crippen LogP contribution in [0.4, 0.5) is 0 Å². The van der Waals surface area contributed by atoms with Crippen molar-refractivity contribution in [3.8, 4) is 5.75 Å². The maximum absolute atomic E-state index is 11.9. The molecule has 0 aliphatic carbocycles. The number of hydrogen-bond donors (Lipinski definition) is 3. The van der Waals surface area contributed by atoms with Crippen molar-refractivity contribution in [2.24, 2.45) is 11.7 Å². The highest BCUT2D eigenvalue weighted by molar-refractivity contribution is 5.88. The molecule has 0 aromatic heterocycles. The number of benzene rings is 1. The van der Waals surface area contributed by atoms with Gasteiger partial charge in [0.25, 0.3) is 0 Å². The third kappa shape index (κ3) is 5.73. The molecule has 6 heteroatoms. The highest BCUT2D eigenvalue weighted by Crippen LogP contribution is 2.13. The van der Waals surface area contributed by atoms with E-state index in [1.165, 1.54) is 0 Å². The highest BCUT2D eigenvalue weighted by atomic mass is 16.5. The summed E-state index contributed by atoms with van der Waals surface area (Å²) in [6.07, 6.45) is -0.544. The van der Waals surface area contributed by atoms with Crippen LogP contribution in [0, 0.1) is 5.92 Å². The van der Waals surface area contributed by atoms with Gasteiger partial charge in [-0.2, -0.15) is 0 Å². The lowest BCUT2D eigenvalue weighted by atomic mass is 10.0. The molecule has 0 saturated carbocycles. The zero-order chi connectivity index (χ0) is 16.7. The van der Waals surface area contributed by atoms with Crippen LogP contribution in [0.25, 0.3) is 0 Å². The minimum Gasteiger partial charge on any atom is -0.497 e. The van der Waals surface area contributed by atoms with E-state index in [1.54, 1.807) is 31.4 Å². The lowest BCUT2D eigenvalue weighted by Crippen LogP contribution is -2.49. The van der Waals surface area contributed by atoms with Crippen LogP contribution in [-0.4, -0.2) is 36.2 Å². The molecule has 4 N–H and O–H groups in total. The number of hydrogen-bond acceptors (Lipinski definition) is 4. The summed E-state index contributed by atoms with van der Waals surface area (Å²) in [5.41, 5.74) is 6.17. The predicted octanol–water partition coefficient (Wildman–Crippen LogP) is 0.615. The van der Waals surface area contributed by atoms with E-state index < -0.39 is 24.0 Å². The van der Waals surface area contributed by atoms with Gasteiger partial charge >= 0.3 is 0 Å². The lowest BCUT2D eigenvalue weighted by Gasteiger charge is -2.19. The Morgan fingerprint density at radius 3 is 2.32 bits per heavy atom. The molecule has 0 fully saturated rings. The van der Waals surface area contributed by atoms with E-state index in [4.69, 9.17) is 10.5 Å². The molecular formula is C16H24N2O4. The molecule has 2 atom stereocenters. The van der Waals surface area contributed by atoms with Gasteiger partial charge in [0.15, 0.2) is 0 Å². The number of rotatable bonds is 8. The Balaban J connectivity index is 2.68. The van der Waals surface area contributed by atoms with Crippen LogP contribution >= 0.6 is 0 Å². The van der Waals surface area contributed by atoms with Crippen molar-refractivity contribution >= 4 is 11.8 Å². The van der Waals surface area contributed by atoms with Gasteiger partial charge in [0, 0.05) is 6.42 Å². The average Bonchev–Trinajstić information content (AvgIpc) is 2.46. The fourth-order valence-corrected chi connectivity index (χ4v) is 2.04. The topological polar surface area (TPSA) is 102 Å². The lowest BCUT2D eigenvalue weighted by molar-refractivity contribution is -0.133. The number of carbonyl (C=O) groups excluding carboxylic acids is 2. The van der Waals surface area contributed by atoms with Gasteiger partial charge in [-0.15, -0.1) is 0 Å². The van der Waals surface area contributed by atoms with E-state index >= 15 is 0 Å². The van der Waals surface area contributed by atoms with Crippen molar-refractivity contribution in [1.29, 1.82) is 0 Å². The molecule has 0 heterocycles. The van der Waals surface area contributed by atoms with Gasteiger partial charge in [0.05, 0.1) is 7.11 Å². The number of carbonyl (C=O) groups is 2. The standard InChI is InChI=1S/C16H24N2O4/c1-10(2)8-14(19)16(21)18-13(15(17)20)9-11-4-6-12(22-3)7-5-11/h4-7,10,13-14,19H,8-9H2,1-3H3,(H2,17,20)(H,18,21)/t13-,14-/m0/s1. The zero-order valence-corrected chi connectivity index (χ0v) is 13.2. The van der Waals surface area contributed by atoms with Gasteiger partial charge in [-0.3, -0.25) is 9.59 Å². The van der Waals surface area contributed by atoms with Crippen LogP contribution < -0.4 is 15.8 Å². The first kappa shape index (κ1) is 18.0. The van der Waals surface area contributed by atoms with E-state index in [1.807, 2.05) is 13.8 Å². The minimum absolute atomic E-state index is 0.175. The molecule has 0 radical (unpaired) electrons. The molecule has 22 heavy (non-hydrogen) atoms. The minimum atomic E-state index is -1.14. The largest absolute Gasteiger partial charge is 0.497 e. The first-order valence-corrected chi connectivity index (χ1v) is 7.24. The number of methoxy groups -OCH3 is 1. The number of primary amides is 1. The van der Waals surface area contributed by atoms with Crippen molar-refractivity contribution in [2.75, 3.05) is 7.11 Å². The predicted molar refractivity (Wildman–Crippen MR) is 83.3 cm³/mol. The molecule has 0 saturated heterocycles. The van der Waals surface area contributed by atoms with E-state index in [0.717, 1.165) is 5.56 Å². The summed E-state index contributed by atoms with van der Waals surface area (Å²) < 4.78 is 5.06. The maximum atomic E-state index is 11.9. The zero-order valence-electron chi connectivity index (χ0n) is 13.2. The van der Waals surface area contributed by atoms with Crippen molar-refractivity contribution in [1.82, 2.24) is 5.32 Å². The maximum Gasteiger partial charge on any atom is 0.249 e. The molecule has 1 aromatic carbocycles. The third-order valence-electron chi connectivity index (χ3n) is 3.26. The van der Waals surface area contributed by atoms with E-state index in [0.29, 0.717) is 12.2 Å². The van der Waals surface area contributed by atoms with Crippen molar-refractivity contribution in [2.45, 2.75) is 38.8 Å². The fraction of sp³-hybridized carbons (Fsp3) is 0.500. The highest BCUT2D eigenvalue weighted by Gasteiger charge is 2.23. The monoisotopic (exact) mass is 308 g/mol. The molecule has 0 aliphatic heterocycles. The smallest absolute Gasteiger partial charge is 0.249 e. The summed E-state index contributed by atoms with van der Waals surface area (Å²) in [6, 6.07) is 6.27. The Morgan fingerprint density at radius 2 is 1.86 bits per heavy atom. The van der Waals surface area contributed by atoms with Crippen LogP contribution in [0.3, 0.4) is 0 Å². The summed E-state index contributed by atoms with van der Waals surface area (Å²) in [5, 5.41) is 12.3. The van der Waals surface area contributed by atoms with Crippen LogP contribution in [0.1, 0.15) is 25.8 Å². The fourth-order valence-electron chi connectivity index (χ4n) is 2.04. The van der Waals surface area contributed by atoms with Crippen molar-refractivity contribution in [3.63, 3.8) is 0 Å². The molecule has 0 bridgehead atoms. The quantitative estimate of drug-likeness (QED) is 0.655. The van der Waals surface area contributed by atoms with Crippen molar-refractivity contribution < 1.29 is 19.4 Å². The first-order chi connectivity index (χ1) is 10.3. The summed E-state index contributed by atoms with van der Waals surface area (Å²) in [4.78, 5) is 23.4. The number of ether oxygens (including phenoxy) is 1. The van der Waals surface area contributed by atoms with Crippen LogP contribution in [0.2, 0.25) is 0 Å². The van der Waals surface area contributed by atoms with Gasteiger partial charge in [0.1, 0.15) is 17.9 Å². The number of aliphatic hydroxyl groups is 1. The van der Waals surface area contributed by atoms with Gasteiger partial charge in [-0.05, 0) is 30.0 Å². The molecule has 0 unspecified atom stereocenters. The number of amides is 2. The van der Waals surface area contributed by atoms with Crippen LogP contribution in [-0.2, 0) is 16.0 Å². The molecule has 6 nitrogen and oxygen atoms in total. The molecule has 0 aliphatic rings. The second-order valence-electron chi connectivity index (χ2n) is 5.66. The van der Waals surface area contributed by atoms with E-state index in [2.05, 4.69) is 5.32 Å². The second kappa shape index (κ2) is 8.38. The second-order valence-corrected chi connectivity index (χ2v) is 5.66. The van der Waals surface area contributed by atoms with Crippen molar-refractivity contribution in [3.05, 3.63) is 29.8 Å². The van der Waals surface area contributed by atoms with Gasteiger partial charge in [-0.1, -0.05) is 26.0 Å². The number of aliphatic hydroxyl groups excluding tert-OH is 1. The Morgan fingerprint density at radius 1 is 1.27 bits per heavy atom. The van der Waals surface area contributed by atoms with Crippen LogP contribution in [0.15, 0.2) is 24.3 Å². The van der Waals surface area contributed by atoms with Gasteiger partial charge in [0.2, 0.25) is 11.8 Å². The molecular weight excluding hydrogens is 284 g/mol. The molecule has 2 amide bonds. The number of nitrogens with one attached hydrogen (secondary N) is 1. The molecule has 1 rings (SSSR count). The third-order valence-corrected chi connectivity index (χ3v) is 3.26. The van der Waals surface area contributed by atoms with E-state index in [-0.39, 0.29) is 12.3 Å². The Bertz CT molecular complexity index is 499. The average molecular weight is 308 g/mol. The number of nitrogens with two attached hydrogens (primary N) is 1. The molecule has 1 aromatic rings. The summed E-state index contributed by atoms with van der Waals surface area (Å²) >= 11 is 0. The summed E-state index contributed by atoms with van der Waals surface area (Å²) in [6.45, 7) is 3.80. The molecule has 122 valence electrons. The summed E-state index contributed by atoms with van der Waals surface area (Å²) in [7, 11) is 1.57. The summed E-state index contributed by atoms with van der Waals surface area (Å²) in [5.74, 6) is -0.336.